The monoisotopic (exact) mass is 345 g/mol. The maximum atomic E-state index is 12.1. The number of aromatic nitrogens is 1. The van der Waals surface area contributed by atoms with Gasteiger partial charge in [-0.05, 0) is 31.9 Å². The molecular formula is C18H23N3O2S. The van der Waals surface area contributed by atoms with Crippen LogP contribution >= 0.6 is 11.3 Å². The van der Waals surface area contributed by atoms with Crippen LogP contribution in [-0.2, 0) is 17.8 Å². The van der Waals surface area contributed by atoms with Gasteiger partial charge in [0.2, 0.25) is 5.91 Å². The zero-order valence-corrected chi connectivity index (χ0v) is 14.9. The molecule has 1 aromatic carbocycles. The summed E-state index contributed by atoms with van der Waals surface area (Å²) in [4.78, 5) is 26.1. The van der Waals surface area contributed by atoms with E-state index in [0.717, 1.165) is 18.7 Å². The first-order valence-electron chi connectivity index (χ1n) is 8.32. The molecule has 6 heteroatoms. The fourth-order valence-electron chi connectivity index (χ4n) is 3.17. The van der Waals surface area contributed by atoms with Gasteiger partial charge in [-0.1, -0.05) is 29.5 Å². The summed E-state index contributed by atoms with van der Waals surface area (Å²) in [7, 11) is 0. The number of benzene rings is 1. The van der Waals surface area contributed by atoms with Crippen LogP contribution in [0.4, 0.5) is 5.69 Å². The van der Waals surface area contributed by atoms with Gasteiger partial charge in [-0.25, -0.2) is 0 Å². The zero-order valence-electron chi connectivity index (χ0n) is 14.1. The number of para-hydroxylation sites is 1. The van der Waals surface area contributed by atoms with Crippen LogP contribution < -0.4 is 15.1 Å². The van der Waals surface area contributed by atoms with E-state index in [4.69, 9.17) is 0 Å². The SMILES string of the molecule is Cc1csc(=O)n1CCC(=O)NC[C@H](C)N1CCc2ccccc21. The van der Waals surface area contributed by atoms with Crippen LogP contribution in [-0.4, -0.2) is 29.6 Å². The van der Waals surface area contributed by atoms with E-state index in [9.17, 15) is 9.59 Å². The minimum absolute atomic E-state index is 0.00217. The van der Waals surface area contributed by atoms with Crippen molar-refractivity contribution in [3.8, 4) is 0 Å². The lowest BCUT2D eigenvalue weighted by Gasteiger charge is -2.27. The van der Waals surface area contributed by atoms with Gasteiger partial charge in [0.15, 0.2) is 0 Å². The first-order valence-corrected chi connectivity index (χ1v) is 9.20. The Labute approximate surface area is 145 Å². The van der Waals surface area contributed by atoms with Crippen LogP contribution in [0.2, 0.25) is 0 Å². The Kier molecular flexibility index (Phi) is 5.04. The molecule has 0 bridgehead atoms. The molecule has 5 nitrogen and oxygen atoms in total. The zero-order chi connectivity index (χ0) is 17.1. The summed E-state index contributed by atoms with van der Waals surface area (Å²) < 4.78 is 1.66. The Morgan fingerprint density at radius 2 is 2.17 bits per heavy atom. The van der Waals surface area contributed by atoms with Gasteiger partial charge in [-0.2, -0.15) is 0 Å². The number of thiazole rings is 1. The summed E-state index contributed by atoms with van der Waals surface area (Å²) in [5.74, 6) is -0.00756. The number of nitrogens with one attached hydrogen (secondary N) is 1. The van der Waals surface area contributed by atoms with E-state index >= 15 is 0 Å². The Morgan fingerprint density at radius 3 is 2.92 bits per heavy atom. The van der Waals surface area contributed by atoms with E-state index in [-0.39, 0.29) is 16.8 Å². The average Bonchev–Trinajstić information content (AvgIpc) is 3.15. The summed E-state index contributed by atoms with van der Waals surface area (Å²) in [6.45, 7) is 6.09. The molecule has 2 heterocycles. The molecule has 0 saturated carbocycles. The largest absolute Gasteiger partial charge is 0.366 e. The Hall–Kier alpha value is -2.08. The van der Waals surface area contributed by atoms with Crippen LogP contribution in [0.15, 0.2) is 34.4 Å². The second-order valence-corrected chi connectivity index (χ2v) is 7.09. The van der Waals surface area contributed by atoms with E-state index in [2.05, 4.69) is 41.4 Å². The molecule has 0 aliphatic carbocycles. The molecule has 0 fully saturated rings. The molecule has 1 amide bonds. The molecular weight excluding hydrogens is 322 g/mol. The van der Waals surface area contributed by atoms with Crippen LogP contribution in [0.25, 0.3) is 0 Å². The van der Waals surface area contributed by atoms with E-state index in [1.807, 2.05) is 12.3 Å². The molecule has 0 unspecified atom stereocenters. The standard InChI is InChI=1S/C18H23N3O2S/c1-13(20-9-7-15-5-3-4-6-16(15)20)11-19-17(22)8-10-21-14(2)12-24-18(21)23/h3-6,12-13H,7-11H2,1-2H3,(H,19,22)/t13-/m0/s1. The van der Waals surface area contributed by atoms with Gasteiger partial charge < -0.3 is 14.8 Å². The summed E-state index contributed by atoms with van der Waals surface area (Å²) in [6.07, 6.45) is 1.40. The van der Waals surface area contributed by atoms with Crippen LogP contribution in [0, 0.1) is 6.92 Å². The summed E-state index contributed by atoms with van der Waals surface area (Å²) in [5, 5.41) is 4.83. The van der Waals surface area contributed by atoms with Crippen molar-refractivity contribution in [2.75, 3.05) is 18.0 Å². The number of carbonyl (C=O) groups excluding carboxylic acids is 1. The van der Waals surface area contributed by atoms with Crippen molar-refractivity contribution in [3.05, 3.63) is 50.6 Å². The van der Waals surface area contributed by atoms with Crippen LogP contribution in [0.3, 0.4) is 0 Å². The number of anilines is 1. The van der Waals surface area contributed by atoms with Crippen molar-refractivity contribution in [1.82, 2.24) is 9.88 Å². The third kappa shape index (κ3) is 3.53. The number of nitrogens with zero attached hydrogens (tertiary/aromatic N) is 2. The van der Waals surface area contributed by atoms with Crippen molar-refractivity contribution in [3.63, 3.8) is 0 Å². The number of rotatable bonds is 6. The molecule has 1 N–H and O–H groups in total. The van der Waals surface area contributed by atoms with Gasteiger partial charge in [0.25, 0.3) is 0 Å². The Balaban J connectivity index is 1.49. The Morgan fingerprint density at radius 1 is 1.38 bits per heavy atom. The number of hydrogen-bond acceptors (Lipinski definition) is 4. The van der Waals surface area contributed by atoms with E-state index in [0.29, 0.717) is 19.5 Å². The van der Waals surface area contributed by atoms with Crippen LogP contribution in [0.5, 0.6) is 0 Å². The number of aryl methyl sites for hydroxylation is 1. The number of carbonyl (C=O) groups is 1. The molecule has 2 aromatic rings. The van der Waals surface area contributed by atoms with Crippen molar-refractivity contribution in [2.24, 2.45) is 0 Å². The minimum atomic E-state index is -0.00756. The van der Waals surface area contributed by atoms with Crippen molar-refractivity contribution >= 4 is 22.9 Å². The van der Waals surface area contributed by atoms with Crippen molar-refractivity contribution in [2.45, 2.75) is 39.3 Å². The van der Waals surface area contributed by atoms with E-state index in [1.54, 1.807) is 4.57 Å². The highest BCUT2D eigenvalue weighted by Gasteiger charge is 2.23. The predicted octanol–water partition coefficient (Wildman–Crippen LogP) is 2.18. The van der Waals surface area contributed by atoms with Gasteiger partial charge in [0.1, 0.15) is 0 Å². The quantitative estimate of drug-likeness (QED) is 0.873. The molecule has 3 rings (SSSR count). The van der Waals surface area contributed by atoms with Crippen molar-refractivity contribution < 1.29 is 4.79 Å². The minimum Gasteiger partial charge on any atom is -0.366 e. The molecule has 0 spiro atoms. The highest BCUT2D eigenvalue weighted by atomic mass is 32.1. The second kappa shape index (κ2) is 7.21. The fraction of sp³-hybridized carbons (Fsp3) is 0.444. The lowest BCUT2D eigenvalue weighted by molar-refractivity contribution is -0.121. The maximum Gasteiger partial charge on any atom is 0.307 e. The van der Waals surface area contributed by atoms with E-state index in [1.165, 1.54) is 22.6 Å². The molecule has 1 aromatic heterocycles. The first-order chi connectivity index (χ1) is 11.6. The first kappa shape index (κ1) is 16.8. The van der Waals surface area contributed by atoms with Crippen molar-refractivity contribution in [1.29, 1.82) is 0 Å². The normalized spacial score (nSPS) is 14.5. The predicted molar refractivity (Wildman–Crippen MR) is 97.9 cm³/mol. The smallest absolute Gasteiger partial charge is 0.307 e. The molecule has 1 aliphatic rings. The molecule has 0 saturated heterocycles. The highest BCUT2D eigenvalue weighted by Crippen LogP contribution is 2.28. The third-order valence-corrected chi connectivity index (χ3v) is 5.47. The van der Waals surface area contributed by atoms with Gasteiger partial charge in [-0.3, -0.25) is 9.59 Å². The molecule has 1 aliphatic heterocycles. The average molecular weight is 345 g/mol. The second-order valence-electron chi connectivity index (χ2n) is 6.27. The highest BCUT2D eigenvalue weighted by molar-refractivity contribution is 7.07. The van der Waals surface area contributed by atoms with Crippen LogP contribution in [0.1, 0.15) is 24.6 Å². The third-order valence-electron chi connectivity index (χ3n) is 4.59. The molecule has 0 radical (unpaired) electrons. The number of fused-ring (bicyclic) bond motifs is 1. The number of amides is 1. The number of hydrogen-bond donors (Lipinski definition) is 1. The van der Waals surface area contributed by atoms with Gasteiger partial charge in [-0.15, -0.1) is 0 Å². The van der Waals surface area contributed by atoms with Gasteiger partial charge >= 0.3 is 4.87 Å². The fourth-order valence-corrected chi connectivity index (χ4v) is 3.93. The summed E-state index contributed by atoms with van der Waals surface area (Å²) >= 11 is 1.18. The lowest BCUT2D eigenvalue weighted by Crippen LogP contribution is -2.41. The van der Waals surface area contributed by atoms with E-state index < -0.39 is 0 Å². The lowest BCUT2D eigenvalue weighted by atomic mass is 10.2. The summed E-state index contributed by atoms with van der Waals surface area (Å²) in [5.41, 5.74) is 3.57. The van der Waals surface area contributed by atoms with Gasteiger partial charge in [0, 0.05) is 48.9 Å². The molecule has 128 valence electrons. The Bertz CT molecular complexity index is 781. The summed E-state index contributed by atoms with van der Waals surface area (Å²) in [6, 6.07) is 8.70. The van der Waals surface area contributed by atoms with Gasteiger partial charge in [0.05, 0.1) is 0 Å². The molecule has 1 atom stereocenters. The molecule has 24 heavy (non-hydrogen) atoms. The maximum absolute atomic E-state index is 12.1. The topological polar surface area (TPSA) is 54.3 Å².